The average molecular weight is 417 g/mol. The van der Waals surface area contributed by atoms with Crippen molar-refractivity contribution in [2.24, 2.45) is 0 Å². The molecule has 0 unspecified atom stereocenters. The maximum Gasteiger partial charge on any atom is 0.234 e. The highest BCUT2D eigenvalue weighted by Gasteiger charge is 2.13. The van der Waals surface area contributed by atoms with Crippen LogP contribution in [0, 0.1) is 0 Å². The molecule has 2 aromatic carbocycles. The van der Waals surface area contributed by atoms with E-state index in [9.17, 15) is 4.79 Å². The summed E-state index contributed by atoms with van der Waals surface area (Å²) in [7, 11) is 1.60. The molecule has 0 radical (unpaired) electrons. The number of halogens is 3. The highest BCUT2D eigenvalue weighted by Crippen LogP contribution is 2.34. The smallest absolute Gasteiger partial charge is 0.234 e. The van der Waals surface area contributed by atoms with Crippen molar-refractivity contribution < 1.29 is 9.53 Å². The zero-order valence-electron chi connectivity index (χ0n) is 12.9. The molecule has 3 rings (SSSR count). The Morgan fingerprint density at radius 2 is 1.96 bits per heavy atom. The van der Waals surface area contributed by atoms with E-state index in [1.807, 2.05) is 18.2 Å². The van der Waals surface area contributed by atoms with Gasteiger partial charge in [0.15, 0.2) is 5.16 Å². The summed E-state index contributed by atoms with van der Waals surface area (Å²) in [5.41, 5.74) is 1.98. The van der Waals surface area contributed by atoms with Gasteiger partial charge in [0.2, 0.25) is 5.91 Å². The van der Waals surface area contributed by atoms with Gasteiger partial charge in [-0.1, -0.05) is 46.6 Å². The van der Waals surface area contributed by atoms with Crippen LogP contribution in [0.4, 0.5) is 5.69 Å². The highest BCUT2D eigenvalue weighted by molar-refractivity contribution is 7.99. The fourth-order valence-electron chi connectivity index (χ4n) is 2.13. The lowest BCUT2D eigenvalue weighted by Gasteiger charge is -2.09. The number of imidazole rings is 1. The predicted octanol–water partition coefficient (Wildman–Crippen LogP) is 5.26. The zero-order chi connectivity index (χ0) is 18.0. The van der Waals surface area contributed by atoms with Crippen LogP contribution in [0.2, 0.25) is 15.1 Å². The first-order valence-electron chi connectivity index (χ1n) is 7.07. The molecule has 0 fully saturated rings. The lowest BCUT2D eigenvalue weighted by atomic mass is 10.3. The Morgan fingerprint density at radius 3 is 2.64 bits per heavy atom. The van der Waals surface area contributed by atoms with Gasteiger partial charge < -0.3 is 15.0 Å². The summed E-state index contributed by atoms with van der Waals surface area (Å²) < 4.78 is 5.17. The number of anilines is 1. The second kappa shape index (κ2) is 7.74. The number of amides is 1. The summed E-state index contributed by atoms with van der Waals surface area (Å²) in [4.78, 5) is 19.7. The molecule has 130 valence electrons. The van der Waals surface area contributed by atoms with Gasteiger partial charge in [0.05, 0.1) is 39.6 Å². The Hall–Kier alpha value is -1.60. The standard InChI is InChI=1S/C16H12Cl3N3O2S/c1-24-9-2-3-12-13(6-9)21-16(20-12)25-7-14(23)22-15-10(18)4-8(17)5-11(15)19/h2-6H,7H2,1H3,(H,20,21)(H,22,23). The largest absolute Gasteiger partial charge is 0.497 e. The van der Waals surface area contributed by atoms with Crippen LogP contribution in [0.3, 0.4) is 0 Å². The predicted molar refractivity (Wildman–Crippen MR) is 103 cm³/mol. The number of fused-ring (bicyclic) bond motifs is 1. The van der Waals surface area contributed by atoms with E-state index in [0.29, 0.717) is 15.9 Å². The SMILES string of the molecule is COc1ccc2nc(SCC(=O)Nc3c(Cl)cc(Cl)cc3Cl)[nH]c2c1. The Morgan fingerprint density at radius 1 is 1.24 bits per heavy atom. The fraction of sp³-hybridized carbons (Fsp3) is 0.125. The number of benzene rings is 2. The number of methoxy groups -OCH3 is 1. The van der Waals surface area contributed by atoms with Gasteiger partial charge in [-0.2, -0.15) is 0 Å². The molecule has 1 aromatic heterocycles. The van der Waals surface area contributed by atoms with E-state index in [0.717, 1.165) is 16.8 Å². The number of aromatic nitrogens is 2. The molecule has 0 saturated carbocycles. The number of ether oxygens (including phenoxy) is 1. The van der Waals surface area contributed by atoms with Crippen molar-refractivity contribution in [1.82, 2.24) is 9.97 Å². The quantitative estimate of drug-likeness (QED) is 0.557. The summed E-state index contributed by atoms with van der Waals surface area (Å²) in [6.45, 7) is 0. The molecular weight excluding hydrogens is 405 g/mol. The Balaban J connectivity index is 1.66. The van der Waals surface area contributed by atoms with Crippen LogP contribution < -0.4 is 10.1 Å². The van der Waals surface area contributed by atoms with E-state index in [4.69, 9.17) is 39.5 Å². The number of H-pyrrole nitrogens is 1. The third-order valence-electron chi connectivity index (χ3n) is 3.28. The van der Waals surface area contributed by atoms with Gasteiger partial charge in [-0.3, -0.25) is 4.79 Å². The van der Waals surface area contributed by atoms with Crippen molar-refractivity contribution in [3.63, 3.8) is 0 Å². The number of thioether (sulfide) groups is 1. The first-order valence-corrected chi connectivity index (χ1v) is 9.19. The topological polar surface area (TPSA) is 67.0 Å². The molecule has 0 aliphatic carbocycles. The molecule has 0 aliphatic heterocycles. The highest BCUT2D eigenvalue weighted by atomic mass is 35.5. The maximum absolute atomic E-state index is 12.1. The molecule has 2 N–H and O–H groups in total. The fourth-order valence-corrected chi connectivity index (χ4v) is 3.73. The van der Waals surface area contributed by atoms with E-state index >= 15 is 0 Å². The van der Waals surface area contributed by atoms with E-state index < -0.39 is 0 Å². The number of aromatic amines is 1. The number of nitrogens with one attached hydrogen (secondary N) is 2. The summed E-state index contributed by atoms with van der Waals surface area (Å²) in [6.07, 6.45) is 0. The van der Waals surface area contributed by atoms with Crippen molar-refractivity contribution in [2.75, 3.05) is 18.2 Å². The van der Waals surface area contributed by atoms with Crippen molar-refractivity contribution >= 4 is 69.2 Å². The molecule has 0 saturated heterocycles. The number of hydrogen-bond donors (Lipinski definition) is 2. The van der Waals surface area contributed by atoms with E-state index in [2.05, 4.69) is 15.3 Å². The van der Waals surface area contributed by atoms with Crippen molar-refractivity contribution in [1.29, 1.82) is 0 Å². The van der Waals surface area contributed by atoms with Gasteiger partial charge >= 0.3 is 0 Å². The Kier molecular flexibility index (Phi) is 5.64. The first kappa shape index (κ1) is 18.2. The molecule has 0 atom stereocenters. The van der Waals surface area contributed by atoms with Crippen LogP contribution in [0.15, 0.2) is 35.5 Å². The van der Waals surface area contributed by atoms with Gasteiger partial charge in [-0.05, 0) is 24.3 Å². The molecule has 0 spiro atoms. The third kappa shape index (κ3) is 4.33. The first-order chi connectivity index (χ1) is 12.0. The second-order valence-electron chi connectivity index (χ2n) is 5.01. The molecule has 0 bridgehead atoms. The molecule has 1 amide bonds. The van der Waals surface area contributed by atoms with Crippen molar-refractivity contribution in [2.45, 2.75) is 5.16 Å². The molecule has 0 aliphatic rings. The monoisotopic (exact) mass is 415 g/mol. The summed E-state index contributed by atoms with van der Waals surface area (Å²) in [5, 5.41) is 4.29. The molecule has 1 heterocycles. The lowest BCUT2D eigenvalue weighted by Crippen LogP contribution is -2.14. The minimum Gasteiger partial charge on any atom is -0.497 e. The summed E-state index contributed by atoms with van der Waals surface area (Å²) >= 11 is 19.2. The van der Waals surface area contributed by atoms with Gasteiger partial charge in [0.25, 0.3) is 0 Å². The van der Waals surface area contributed by atoms with Gasteiger partial charge in [-0.25, -0.2) is 4.98 Å². The molecule has 9 heteroatoms. The van der Waals surface area contributed by atoms with Gasteiger partial charge in [0.1, 0.15) is 5.75 Å². The lowest BCUT2D eigenvalue weighted by molar-refractivity contribution is -0.113. The Labute approximate surface area is 163 Å². The summed E-state index contributed by atoms with van der Waals surface area (Å²) in [5.74, 6) is 0.623. The van der Waals surface area contributed by atoms with Crippen LogP contribution >= 0.6 is 46.6 Å². The normalized spacial score (nSPS) is 10.9. The van der Waals surface area contributed by atoms with Crippen molar-refractivity contribution in [3.8, 4) is 5.75 Å². The van der Waals surface area contributed by atoms with E-state index in [-0.39, 0.29) is 21.7 Å². The molecule has 3 aromatic rings. The van der Waals surface area contributed by atoms with Gasteiger partial charge in [-0.15, -0.1) is 0 Å². The van der Waals surface area contributed by atoms with Crippen LogP contribution in [-0.4, -0.2) is 28.7 Å². The van der Waals surface area contributed by atoms with Crippen molar-refractivity contribution in [3.05, 3.63) is 45.4 Å². The van der Waals surface area contributed by atoms with E-state index in [1.165, 1.54) is 23.9 Å². The number of hydrogen-bond acceptors (Lipinski definition) is 4. The van der Waals surface area contributed by atoms with E-state index in [1.54, 1.807) is 7.11 Å². The number of rotatable bonds is 5. The third-order valence-corrected chi connectivity index (χ3v) is 4.97. The molecule has 5 nitrogen and oxygen atoms in total. The summed E-state index contributed by atoms with van der Waals surface area (Å²) in [6, 6.07) is 8.56. The van der Waals surface area contributed by atoms with Crippen LogP contribution in [0.5, 0.6) is 5.75 Å². The van der Waals surface area contributed by atoms with Gasteiger partial charge in [0, 0.05) is 11.1 Å². The minimum absolute atomic E-state index is 0.145. The number of nitrogens with zero attached hydrogens (tertiary/aromatic N) is 1. The molecular formula is C16H12Cl3N3O2S. The molecule has 25 heavy (non-hydrogen) atoms. The van der Waals surface area contributed by atoms with Crippen LogP contribution in [0.25, 0.3) is 11.0 Å². The maximum atomic E-state index is 12.1. The Bertz CT molecular complexity index is 923. The number of carbonyl (C=O) groups is 1. The van der Waals surface area contributed by atoms with Crippen LogP contribution in [0.1, 0.15) is 0 Å². The average Bonchev–Trinajstić information content (AvgIpc) is 2.98. The minimum atomic E-state index is -0.255. The number of carbonyl (C=O) groups excluding carboxylic acids is 1. The zero-order valence-corrected chi connectivity index (χ0v) is 16.0. The second-order valence-corrected chi connectivity index (χ2v) is 7.22. The van der Waals surface area contributed by atoms with Crippen LogP contribution in [-0.2, 0) is 4.79 Å².